The molecule has 0 aliphatic carbocycles. The average Bonchev–Trinajstić information content (AvgIpc) is 3.24. The maximum absolute atomic E-state index is 5.55. The van der Waals surface area contributed by atoms with Crippen LogP contribution in [0, 0.1) is 5.92 Å². The Kier molecular flexibility index (Phi) is 8.76. The van der Waals surface area contributed by atoms with Crippen molar-refractivity contribution in [2.24, 2.45) is 10.9 Å². The van der Waals surface area contributed by atoms with Gasteiger partial charge in [-0.15, -0.1) is 0 Å². The Morgan fingerprint density at radius 1 is 1.17 bits per heavy atom. The minimum atomic E-state index is 0.487. The van der Waals surface area contributed by atoms with Gasteiger partial charge in [0.05, 0.1) is 25.5 Å². The molecule has 2 aliphatic heterocycles. The van der Waals surface area contributed by atoms with Crippen molar-refractivity contribution in [1.29, 1.82) is 0 Å². The van der Waals surface area contributed by atoms with Crippen LogP contribution in [0.15, 0.2) is 21.8 Å². The van der Waals surface area contributed by atoms with Crippen LogP contribution < -0.4 is 5.32 Å². The Hall–Kier alpha value is -1.64. The van der Waals surface area contributed by atoms with Gasteiger partial charge in [-0.25, -0.2) is 0 Å². The van der Waals surface area contributed by atoms with Gasteiger partial charge in [0, 0.05) is 64.5 Å². The summed E-state index contributed by atoms with van der Waals surface area (Å²) in [5, 5.41) is 7.54. The number of nitrogens with one attached hydrogen (secondary N) is 1. The van der Waals surface area contributed by atoms with Crippen LogP contribution in [0.1, 0.15) is 32.9 Å². The molecular formula is C21H38N6O2. The van der Waals surface area contributed by atoms with E-state index in [9.17, 15) is 0 Å². The number of aliphatic imine (C=N–C) groups is 1. The number of rotatable bonds is 8. The summed E-state index contributed by atoms with van der Waals surface area (Å²) in [5.41, 5.74) is 1.00. The van der Waals surface area contributed by atoms with Gasteiger partial charge < -0.3 is 19.5 Å². The summed E-state index contributed by atoms with van der Waals surface area (Å²) in [5.74, 6) is 1.72. The largest absolute Gasteiger partial charge is 0.379 e. The summed E-state index contributed by atoms with van der Waals surface area (Å²) in [4.78, 5) is 12.5. The maximum atomic E-state index is 5.55. The topological polar surface area (TPSA) is 69.4 Å². The molecule has 0 bridgehead atoms. The minimum absolute atomic E-state index is 0.487. The molecule has 3 rings (SSSR count). The van der Waals surface area contributed by atoms with Crippen LogP contribution in [-0.2, 0) is 11.3 Å². The van der Waals surface area contributed by atoms with Gasteiger partial charge in [0.1, 0.15) is 6.26 Å². The van der Waals surface area contributed by atoms with Crippen molar-refractivity contribution in [1.82, 2.24) is 25.2 Å². The highest BCUT2D eigenvalue weighted by atomic mass is 16.5. The van der Waals surface area contributed by atoms with Crippen molar-refractivity contribution in [2.75, 3.05) is 65.6 Å². The SMILES string of the molecule is CCNC(=NCC(CC(C)C)N1CCOCC1)N1CCN(Cc2ccon2)CC1. The zero-order chi connectivity index (χ0) is 20.5. The van der Waals surface area contributed by atoms with E-state index in [1.54, 1.807) is 6.26 Å². The van der Waals surface area contributed by atoms with Crippen molar-refractivity contribution in [3.8, 4) is 0 Å². The molecule has 3 heterocycles. The molecule has 0 aromatic carbocycles. The summed E-state index contributed by atoms with van der Waals surface area (Å²) in [6.07, 6.45) is 2.82. The molecule has 1 unspecified atom stereocenters. The number of morpholine rings is 1. The fourth-order valence-corrected chi connectivity index (χ4v) is 4.11. The molecule has 0 saturated carbocycles. The van der Waals surface area contributed by atoms with E-state index in [1.165, 1.54) is 6.42 Å². The fourth-order valence-electron chi connectivity index (χ4n) is 4.11. The van der Waals surface area contributed by atoms with Gasteiger partial charge in [-0.05, 0) is 19.3 Å². The van der Waals surface area contributed by atoms with E-state index in [0.29, 0.717) is 12.0 Å². The van der Waals surface area contributed by atoms with Crippen LogP contribution in [0.25, 0.3) is 0 Å². The second-order valence-corrected chi connectivity index (χ2v) is 8.38. The summed E-state index contributed by atoms with van der Waals surface area (Å²) >= 11 is 0. The predicted molar refractivity (Wildman–Crippen MR) is 115 cm³/mol. The predicted octanol–water partition coefficient (Wildman–Crippen LogP) is 1.50. The van der Waals surface area contributed by atoms with Crippen molar-refractivity contribution in [3.05, 3.63) is 18.0 Å². The molecule has 8 nitrogen and oxygen atoms in total. The number of hydrogen-bond acceptors (Lipinski definition) is 6. The smallest absolute Gasteiger partial charge is 0.194 e. The molecule has 0 spiro atoms. The standard InChI is InChI=1S/C21H38N6O2/c1-4-22-21(23-16-20(15-18(2)3)26-10-13-28-14-11-26)27-8-6-25(7-9-27)17-19-5-12-29-24-19/h5,12,18,20H,4,6-11,13-17H2,1-3H3,(H,22,23). The summed E-state index contributed by atoms with van der Waals surface area (Å²) in [7, 11) is 0. The van der Waals surface area contributed by atoms with E-state index in [2.05, 4.69) is 45.9 Å². The van der Waals surface area contributed by atoms with Gasteiger partial charge in [0.25, 0.3) is 0 Å². The van der Waals surface area contributed by atoms with Crippen LogP contribution in [0.4, 0.5) is 0 Å². The van der Waals surface area contributed by atoms with Crippen molar-refractivity contribution < 1.29 is 9.26 Å². The van der Waals surface area contributed by atoms with E-state index in [-0.39, 0.29) is 0 Å². The molecule has 1 aromatic rings. The molecule has 2 saturated heterocycles. The molecule has 2 aliphatic rings. The highest BCUT2D eigenvalue weighted by Crippen LogP contribution is 2.15. The van der Waals surface area contributed by atoms with E-state index in [4.69, 9.17) is 14.3 Å². The molecule has 164 valence electrons. The molecule has 0 amide bonds. The fraction of sp³-hybridized carbons (Fsp3) is 0.810. The Balaban J connectivity index is 1.56. The zero-order valence-corrected chi connectivity index (χ0v) is 18.3. The number of hydrogen-bond donors (Lipinski definition) is 1. The highest BCUT2D eigenvalue weighted by Gasteiger charge is 2.24. The minimum Gasteiger partial charge on any atom is -0.379 e. The third kappa shape index (κ3) is 6.97. The molecule has 29 heavy (non-hydrogen) atoms. The normalized spacial score (nSPS) is 21.0. The third-order valence-corrected chi connectivity index (χ3v) is 5.64. The Bertz CT molecular complexity index is 592. The molecular weight excluding hydrogens is 368 g/mol. The second-order valence-electron chi connectivity index (χ2n) is 8.38. The monoisotopic (exact) mass is 406 g/mol. The Labute approximate surface area is 175 Å². The lowest BCUT2D eigenvalue weighted by Gasteiger charge is -2.37. The van der Waals surface area contributed by atoms with E-state index in [0.717, 1.165) is 83.8 Å². The van der Waals surface area contributed by atoms with Crippen LogP contribution in [0.5, 0.6) is 0 Å². The van der Waals surface area contributed by atoms with Crippen LogP contribution in [0.3, 0.4) is 0 Å². The zero-order valence-electron chi connectivity index (χ0n) is 18.3. The summed E-state index contributed by atoms with van der Waals surface area (Å²) in [6.45, 7) is 17.0. The van der Waals surface area contributed by atoms with Gasteiger partial charge in [-0.2, -0.15) is 0 Å². The summed E-state index contributed by atoms with van der Waals surface area (Å²) in [6, 6.07) is 2.43. The average molecular weight is 407 g/mol. The number of aromatic nitrogens is 1. The second kappa shape index (κ2) is 11.5. The van der Waals surface area contributed by atoms with E-state index >= 15 is 0 Å². The molecule has 2 fully saturated rings. The molecule has 1 N–H and O–H groups in total. The van der Waals surface area contributed by atoms with Gasteiger partial charge >= 0.3 is 0 Å². The molecule has 0 radical (unpaired) electrons. The summed E-state index contributed by atoms with van der Waals surface area (Å²) < 4.78 is 10.5. The van der Waals surface area contributed by atoms with Crippen molar-refractivity contribution in [3.63, 3.8) is 0 Å². The van der Waals surface area contributed by atoms with Crippen molar-refractivity contribution >= 4 is 5.96 Å². The maximum Gasteiger partial charge on any atom is 0.194 e. The number of piperazine rings is 1. The van der Waals surface area contributed by atoms with Gasteiger partial charge in [-0.3, -0.25) is 14.8 Å². The lowest BCUT2D eigenvalue weighted by Crippen LogP contribution is -2.52. The van der Waals surface area contributed by atoms with Gasteiger partial charge in [0.2, 0.25) is 0 Å². The van der Waals surface area contributed by atoms with Crippen LogP contribution >= 0.6 is 0 Å². The van der Waals surface area contributed by atoms with Crippen molar-refractivity contribution in [2.45, 2.75) is 39.8 Å². The molecule has 1 atom stereocenters. The van der Waals surface area contributed by atoms with E-state index in [1.807, 2.05) is 6.07 Å². The first-order valence-corrected chi connectivity index (χ1v) is 11.1. The number of ether oxygens (including phenoxy) is 1. The lowest BCUT2D eigenvalue weighted by atomic mass is 10.0. The number of guanidine groups is 1. The van der Waals surface area contributed by atoms with Crippen LogP contribution in [-0.4, -0.2) is 97.4 Å². The highest BCUT2D eigenvalue weighted by molar-refractivity contribution is 5.80. The first-order chi connectivity index (χ1) is 14.2. The molecule has 8 heteroatoms. The first-order valence-electron chi connectivity index (χ1n) is 11.1. The third-order valence-electron chi connectivity index (χ3n) is 5.64. The van der Waals surface area contributed by atoms with Gasteiger partial charge in [0.15, 0.2) is 5.96 Å². The lowest BCUT2D eigenvalue weighted by molar-refractivity contribution is 0.0142. The van der Waals surface area contributed by atoms with Crippen LogP contribution in [0.2, 0.25) is 0 Å². The van der Waals surface area contributed by atoms with Gasteiger partial charge in [-0.1, -0.05) is 19.0 Å². The van der Waals surface area contributed by atoms with E-state index < -0.39 is 0 Å². The Morgan fingerprint density at radius 3 is 2.55 bits per heavy atom. The Morgan fingerprint density at radius 2 is 1.93 bits per heavy atom. The molecule has 1 aromatic heterocycles. The quantitative estimate of drug-likeness (QED) is 0.518. The first kappa shape index (κ1) is 22.1. The number of nitrogens with zero attached hydrogens (tertiary/aromatic N) is 5.